The van der Waals surface area contributed by atoms with E-state index in [1.165, 1.54) is 0 Å². The molecule has 1 atom stereocenters. The normalized spacial score (nSPS) is 11.8. The van der Waals surface area contributed by atoms with Gasteiger partial charge in [0.25, 0.3) is 5.91 Å². The molecule has 0 saturated heterocycles. The second kappa shape index (κ2) is 7.16. The number of hydrogen-bond acceptors (Lipinski definition) is 2. The van der Waals surface area contributed by atoms with E-state index < -0.39 is 6.10 Å². The molecule has 3 nitrogen and oxygen atoms in total. The predicted octanol–water partition coefficient (Wildman–Crippen LogP) is 5.16. The first kappa shape index (κ1) is 16.1. The summed E-state index contributed by atoms with van der Waals surface area (Å²) in [4.78, 5) is 12.1. The zero-order valence-corrected chi connectivity index (χ0v) is 14.2. The van der Waals surface area contributed by atoms with Gasteiger partial charge in [-0.3, -0.25) is 4.79 Å². The van der Waals surface area contributed by atoms with Gasteiger partial charge in [-0.2, -0.15) is 0 Å². The highest BCUT2D eigenvalue weighted by molar-refractivity contribution is 9.10. The lowest BCUT2D eigenvalue weighted by atomic mass is 10.3. The van der Waals surface area contributed by atoms with Crippen molar-refractivity contribution in [2.75, 3.05) is 5.32 Å². The van der Waals surface area contributed by atoms with E-state index in [-0.39, 0.29) is 5.91 Å². The topological polar surface area (TPSA) is 38.3 Å². The fourth-order valence-corrected chi connectivity index (χ4v) is 2.22. The standard InChI is InChI=1S/C15H12BrCl2NO2/c1-9(21-12-4-2-3-10(17)7-12)15(20)19-11-5-6-13(16)14(18)8-11/h2-9H,1H3,(H,19,20). The van der Waals surface area contributed by atoms with Crippen LogP contribution in [0.3, 0.4) is 0 Å². The van der Waals surface area contributed by atoms with E-state index in [1.807, 2.05) is 0 Å². The molecule has 110 valence electrons. The number of halogens is 3. The summed E-state index contributed by atoms with van der Waals surface area (Å²) < 4.78 is 6.31. The van der Waals surface area contributed by atoms with Gasteiger partial charge in [0.1, 0.15) is 5.75 Å². The molecule has 0 heterocycles. The molecule has 21 heavy (non-hydrogen) atoms. The summed E-state index contributed by atoms with van der Waals surface area (Å²) in [6.45, 7) is 1.66. The van der Waals surface area contributed by atoms with Crippen LogP contribution < -0.4 is 10.1 Å². The molecule has 6 heteroatoms. The van der Waals surface area contributed by atoms with Gasteiger partial charge < -0.3 is 10.1 Å². The molecular weight excluding hydrogens is 377 g/mol. The van der Waals surface area contributed by atoms with Crippen LogP contribution in [-0.2, 0) is 4.79 Å². The smallest absolute Gasteiger partial charge is 0.265 e. The lowest BCUT2D eigenvalue weighted by molar-refractivity contribution is -0.122. The summed E-state index contributed by atoms with van der Waals surface area (Å²) in [6.07, 6.45) is -0.661. The lowest BCUT2D eigenvalue weighted by Gasteiger charge is -2.15. The SMILES string of the molecule is CC(Oc1cccc(Cl)c1)C(=O)Nc1ccc(Br)c(Cl)c1. The maximum absolute atomic E-state index is 12.1. The number of benzene rings is 2. The number of carbonyl (C=O) groups is 1. The van der Waals surface area contributed by atoms with Crippen LogP contribution in [0.1, 0.15) is 6.92 Å². The Morgan fingerprint density at radius 1 is 1.24 bits per heavy atom. The third-order valence-electron chi connectivity index (χ3n) is 2.67. The fourth-order valence-electron chi connectivity index (χ4n) is 1.62. The first-order valence-corrected chi connectivity index (χ1v) is 7.69. The molecule has 2 rings (SSSR count). The summed E-state index contributed by atoms with van der Waals surface area (Å²) in [5, 5.41) is 3.82. The molecule has 0 aliphatic rings. The van der Waals surface area contributed by atoms with Crippen molar-refractivity contribution in [2.45, 2.75) is 13.0 Å². The highest BCUT2D eigenvalue weighted by Crippen LogP contribution is 2.25. The summed E-state index contributed by atoms with van der Waals surface area (Å²) >= 11 is 15.1. The van der Waals surface area contributed by atoms with Crippen LogP contribution in [-0.4, -0.2) is 12.0 Å². The molecule has 0 spiro atoms. The summed E-state index contributed by atoms with van der Waals surface area (Å²) in [7, 11) is 0. The molecule has 0 bridgehead atoms. The zero-order chi connectivity index (χ0) is 15.4. The summed E-state index contributed by atoms with van der Waals surface area (Å²) in [5.74, 6) is 0.271. The van der Waals surface area contributed by atoms with E-state index in [0.29, 0.717) is 21.5 Å². The van der Waals surface area contributed by atoms with E-state index in [1.54, 1.807) is 49.4 Å². The second-order valence-corrected chi connectivity index (χ2v) is 6.03. The largest absolute Gasteiger partial charge is 0.481 e. The van der Waals surface area contributed by atoms with Crippen LogP contribution >= 0.6 is 39.1 Å². The molecule has 2 aromatic carbocycles. The van der Waals surface area contributed by atoms with Crippen LogP contribution in [0.25, 0.3) is 0 Å². The van der Waals surface area contributed by atoms with Crippen molar-refractivity contribution in [3.63, 3.8) is 0 Å². The molecule has 0 radical (unpaired) electrons. The maximum atomic E-state index is 12.1. The minimum absolute atomic E-state index is 0.270. The van der Waals surface area contributed by atoms with Crippen LogP contribution in [0.15, 0.2) is 46.9 Å². The third kappa shape index (κ3) is 4.63. The average molecular weight is 389 g/mol. The van der Waals surface area contributed by atoms with Crippen molar-refractivity contribution in [2.24, 2.45) is 0 Å². The molecule has 1 amide bonds. The first-order chi connectivity index (χ1) is 9.95. The van der Waals surface area contributed by atoms with Gasteiger partial charge in [0.2, 0.25) is 0 Å². The van der Waals surface area contributed by atoms with E-state index in [9.17, 15) is 4.79 Å². The van der Waals surface area contributed by atoms with Gasteiger partial charge in [0, 0.05) is 15.2 Å². The Balaban J connectivity index is 2.00. The number of hydrogen-bond donors (Lipinski definition) is 1. The van der Waals surface area contributed by atoms with E-state index >= 15 is 0 Å². The molecule has 0 aliphatic heterocycles. The molecule has 0 aliphatic carbocycles. The quantitative estimate of drug-likeness (QED) is 0.785. The number of carbonyl (C=O) groups excluding carboxylic acids is 1. The van der Waals surface area contributed by atoms with Gasteiger partial charge in [-0.15, -0.1) is 0 Å². The fraction of sp³-hybridized carbons (Fsp3) is 0.133. The van der Waals surface area contributed by atoms with Crippen molar-refractivity contribution in [3.05, 3.63) is 57.0 Å². The summed E-state index contributed by atoms with van der Waals surface area (Å²) in [5.41, 5.74) is 0.606. The lowest BCUT2D eigenvalue weighted by Crippen LogP contribution is -2.30. The van der Waals surface area contributed by atoms with Gasteiger partial charge in [-0.25, -0.2) is 0 Å². The Morgan fingerprint density at radius 3 is 2.67 bits per heavy atom. The van der Waals surface area contributed by atoms with Crippen LogP contribution in [0, 0.1) is 0 Å². The Bertz CT molecular complexity index is 664. The Kier molecular flexibility index (Phi) is 5.51. The monoisotopic (exact) mass is 387 g/mol. The van der Waals surface area contributed by atoms with Gasteiger partial charge in [-0.05, 0) is 59.3 Å². The second-order valence-electron chi connectivity index (χ2n) is 4.34. The van der Waals surface area contributed by atoms with E-state index in [0.717, 1.165) is 4.47 Å². The van der Waals surface area contributed by atoms with Gasteiger partial charge in [-0.1, -0.05) is 29.3 Å². The average Bonchev–Trinajstić information content (AvgIpc) is 2.43. The first-order valence-electron chi connectivity index (χ1n) is 6.14. The molecule has 2 aromatic rings. The molecule has 0 saturated carbocycles. The van der Waals surface area contributed by atoms with Crippen LogP contribution in [0.4, 0.5) is 5.69 Å². The molecule has 1 unspecified atom stereocenters. The molecular formula is C15H12BrCl2NO2. The van der Waals surface area contributed by atoms with E-state index in [4.69, 9.17) is 27.9 Å². The maximum Gasteiger partial charge on any atom is 0.265 e. The highest BCUT2D eigenvalue weighted by atomic mass is 79.9. The summed E-state index contributed by atoms with van der Waals surface area (Å²) in [6, 6.07) is 12.1. The predicted molar refractivity (Wildman–Crippen MR) is 89.3 cm³/mol. The van der Waals surface area contributed by atoms with Gasteiger partial charge in [0.05, 0.1) is 5.02 Å². The number of amides is 1. The minimum atomic E-state index is -0.661. The van der Waals surface area contributed by atoms with Crippen molar-refractivity contribution >= 4 is 50.7 Å². The van der Waals surface area contributed by atoms with Crippen molar-refractivity contribution in [1.29, 1.82) is 0 Å². The minimum Gasteiger partial charge on any atom is -0.481 e. The number of anilines is 1. The molecule has 0 aromatic heterocycles. The zero-order valence-electron chi connectivity index (χ0n) is 11.1. The van der Waals surface area contributed by atoms with Crippen LogP contribution in [0.2, 0.25) is 10.0 Å². The van der Waals surface area contributed by atoms with Gasteiger partial charge >= 0.3 is 0 Å². The van der Waals surface area contributed by atoms with Gasteiger partial charge in [0.15, 0.2) is 6.10 Å². The van der Waals surface area contributed by atoms with Crippen molar-refractivity contribution in [3.8, 4) is 5.75 Å². The Hall–Kier alpha value is -1.23. The van der Waals surface area contributed by atoms with Crippen molar-refractivity contribution < 1.29 is 9.53 Å². The van der Waals surface area contributed by atoms with Crippen molar-refractivity contribution in [1.82, 2.24) is 0 Å². The molecule has 0 fully saturated rings. The Labute approximate surface area is 141 Å². The van der Waals surface area contributed by atoms with E-state index in [2.05, 4.69) is 21.2 Å². The highest BCUT2D eigenvalue weighted by Gasteiger charge is 2.15. The number of rotatable bonds is 4. The van der Waals surface area contributed by atoms with Crippen LogP contribution in [0.5, 0.6) is 5.75 Å². The number of ether oxygens (including phenoxy) is 1. The molecule has 1 N–H and O–H groups in total. The number of nitrogens with one attached hydrogen (secondary N) is 1. The third-order valence-corrected chi connectivity index (χ3v) is 4.13. The Morgan fingerprint density at radius 2 is 2.00 bits per heavy atom.